The number of hydrogen-bond donors (Lipinski definition) is 0. The Labute approximate surface area is 129 Å². The molecule has 0 bridgehead atoms. The quantitative estimate of drug-likeness (QED) is 0.400. The van der Waals surface area contributed by atoms with Gasteiger partial charge in [-0.05, 0) is 31.7 Å². The van der Waals surface area contributed by atoms with Gasteiger partial charge in [0.1, 0.15) is 0 Å². The molecule has 0 aliphatic heterocycles. The Kier molecular flexibility index (Phi) is 9.20. The first-order valence-corrected chi connectivity index (χ1v) is 8.21. The third kappa shape index (κ3) is 8.30. The van der Waals surface area contributed by atoms with Crippen LogP contribution in [-0.2, 0) is 6.42 Å². The summed E-state index contributed by atoms with van der Waals surface area (Å²) in [6.07, 6.45) is 11.8. The predicted octanol–water partition coefficient (Wildman–Crippen LogP) is 5.47. The molecule has 1 aromatic rings. The number of aryl methyl sites for hydroxylation is 1. The zero-order valence-electron chi connectivity index (χ0n) is 13.2. The fraction of sp³-hybridized carbons (Fsp3) is 0.579. The van der Waals surface area contributed by atoms with Crippen molar-refractivity contribution in [3.8, 4) is 6.07 Å². The van der Waals surface area contributed by atoms with E-state index in [-0.39, 0.29) is 5.78 Å². The number of benzene rings is 1. The Morgan fingerprint density at radius 1 is 0.905 bits per heavy atom. The second kappa shape index (κ2) is 11.1. The highest BCUT2D eigenvalue weighted by atomic mass is 16.1. The van der Waals surface area contributed by atoms with Crippen LogP contribution in [0.3, 0.4) is 0 Å². The van der Waals surface area contributed by atoms with E-state index in [0.717, 1.165) is 18.4 Å². The van der Waals surface area contributed by atoms with E-state index in [1.54, 1.807) is 6.92 Å². The maximum Gasteiger partial charge on any atom is 0.159 e. The van der Waals surface area contributed by atoms with Crippen LogP contribution >= 0.6 is 0 Å². The van der Waals surface area contributed by atoms with Gasteiger partial charge >= 0.3 is 0 Å². The summed E-state index contributed by atoms with van der Waals surface area (Å²) in [6.45, 7) is 1.61. The second-order valence-corrected chi connectivity index (χ2v) is 5.74. The summed E-state index contributed by atoms with van der Waals surface area (Å²) in [5.41, 5.74) is 2.13. The summed E-state index contributed by atoms with van der Waals surface area (Å²) in [6, 6.07) is 10.2. The summed E-state index contributed by atoms with van der Waals surface area (Å²) in [7, 11) is 0. The van der Waals surface area contributed by atoms with E-state index in [4.69, 9.17) is 5.26 Å². The molecule has 2 heteroatoms. The Morgan fingerprint density at radius 2 is 1.43 bits per heavy atom. The second-order valence-electron chi connectivity index (χ2n) is 5.74. The lowest BCUT2D eigenvalue weighted by atomic mass is 10.0. The lowest BCUT2D eigenvalue weighted by Crippen LogP contribution is -1.92. The Hall–Kier alpha value is -1.62. The van der Waals surface area contributed by atoms with Crippen molar-refractivity contribution in [2.24, 2.45) is 0 Å². The predicted molar refractivity (Wildman–Crippen MR) is 87.3 cm³/mol. The zero-order valence-corrected chi connectivity index (χ0v) is 13.2. The van der Waals surface area contributed by atoms with Crippen molar-refractivity contribution in [1.82, 2.24) is 0 Å². The molecule has 0 heterocycles. The van der Waals surface area contributed by atoms with Gasteiger partial charge in [0.2, 0.25) is 0 Å². The number of nitrogens with zero attached hydrogens (tertiary/aromatic N) is 1. The highest BCUT2D eigenvalue weighted by Gasteiger charge is 1.99. The highest BCUT2D eigenvalue weighted by Crippen LogP contribution is 2.12. The Bertz CT molecular complexity index is 442. The molecule has 0 radical (unpaired) electrons. The number of hydrogen-bond acceptors (Lipinski definition) is 2. The standard InChI is InChI=1S/C19H27NO/c1-17(21)19-14-12-18(13-15-19)11-9-7-5-3-2-4-6-8-10-16-20/h12-15H,2-11H2,1H3. The highest BCUT2D eigenvalue weighted by molar-refractivity contribution is 5.93. The first kappa shape index (κ1) is 17.4. The van der Waals surface area contributed by atoms with Crippen molar-refractivity contribution in [3.05, 3.63) is 35.4 Å². The molecule has 2 nitrogen and oxygen atoms in total. The molecule has 1 aromatic carbocycles. The molecule has 0 aliphatic carbocycles. The monoisotopic (exact) mass is 285 g/mol. The van der Waals surface area contributed by atoms with Crippen LogP contribution in [0.25, 0.3) is 0 Å². The van der Waals surface area contributed by atoms with E-state index < -0.39 is 0 Å². The van der Waals surface area contributed by atoms with Gasteiger partial charge in [-0.2, -0.15) is 5.26 Å². The largest absolute Gasteiger partial charge is 0.295 e. The first-order valence-electron chi connectivity index (χ1n) is 8.21. The lowest BCUT2D eigenvalue weighted by molar-refractivity contribution is 0.101. The van der Waals surface area contributed by atoms with Crippen molar-refractivity contribution in [2.45, 2.75) is 71.1 Å². The molecule has 0 fully saturated rings. The molecule has 0 aromatic heterocycles. The average molecular weight is 285 g/mol. The van der Waals surface area contributed by atoms with Crippen molar-refractivity contribution in [1.29, 1.82) is 5.26 Å². The minimum Gasteiger partial charge on any atom is -0.295 e. The van der Waals surface area contributed by atoms with E-state index >= 15 is 0 Å². The minimum absolute atomic E-state index is 0.135. The lowest BCUT2D eigenvalue weighted by Gasteiger charge is -2.03. The molecular weight excluding hydrogens is 258 g/mol. The van der Waals surface area contributed by atoms with E-state index in [9.17, 15) is 4.79 Å². The molecule has 0 atom stereocenters. The van der Waals surface area contributed by atoms with Crippen molar-refractivity contribution < 1.29 is 4.79 Å². The number of Topliss-reactive ketones (excluding diaryl/α,β-unsaturated/α-hetero) is 1. The van der Waals surface area contributed by atoms with E-state index in [0.29, 0.717) is 6.42 Å². The molecule has 21 heavy (non-hydrogen) atoms. The molecule has 1 rings (SSSR count). The summed E-state index contributed by atoms with van der Waals surface area (Å²) >= 11 is 0. The van der Waals surface area contributed by atoms with Crippen molar-refractivity contribution in [2.75, 3.05) is 0 Å². The maximum absolute atomic E-state index is 11.2. The van der Waals surface area contributed by atoms with Crippen LogP contribution in [-0.4, -0.2) is 5.78 Å². The normalized spacial score (nSPS) is 10.3. The number of unbranched alkanes of at least 4 members (excludes halogenated alkanes) is 8. The first-order chi connectivity index (χ1) is 10.2. The molecular formula is C19H27NO. The van der Waals surface area contributed by atoms with Crippen LogP contribution in [0, 0.1) is 11.3 Å². The van der Waals surface area contributed by atoms with Gasteiger partial charge in [0.25, 0.3) is 0 Å². The van der Waals surface area contributed by atoms with Crippen LogP contribution in [0.2, 0.25) is 0 Å². The number of carbonyl (C=O) groups excluding carboxylic acids is 1. The fourth-order valence-electron chi connectivity index (χ4n) is 2.50. The third-order valence-corrected chi connectivity index (χ3v) is 3.86. The fourth-order valence-corrected chi connectivity index (χ4v) is 2.50. The number of ketones is 1. The van der Waals surface area contributed by atoms with Crippen LogP contribution < -0.4 is 0 Å². The van der Waals surface area contributed by atoms with E-state index in [2.05, 4.69) is 18.2 Å². The van der Waals surface area contributed by atoms with Crippen LogP contribution in [0.15, 0.2) is 24.3 Å². The molecule has 0 N–H and O–H groups in total. The van der Waals surface area contributed by atoms with Gasteiger partial charge in [0.05, 0.1) is 6.07 Å². The Morgan fingerprint density at radius 3 is 1.95 bits per heavy atom. The average Bonchev–Trinajstić information content (AvgIpc) is 2.49. The van der Waals surface area contributed by atoms with Crippen LogP contribution in [0.1, 0.15) is 80.6 Å². The van der Waals surface area contributed by atoms with Crippen molar-refractivity contribution >= 4 is 5.78 Å². The number of carbonyl (C=O) groups is 1. The summed E-state index contributed by atoms with van der Waals surface area (Å²) in [5.74, 6) is 0.135. The van der Waals surface area contributed by atoms with E-state index in [1.807, 2.05) is 12.1 Å². The molecule has 0 saturated carbocycles. The van der Waals surface area contributed by atoms with Gasteiger partial charge in [-0.1, -0.05) is 62.8 Å². The van der Waals surface area contributed by atoms with Gasteiger partial charge in [-0.3, -0.25) is 4.79 Å². The van der Waals surface area contributed by atoms with Gasteiger partial charge in [-0.15, -0.1) is 0 Å². The van der Waals surface area contributed by atoms with Gasteiger partial charge in [-0.25, -0.2) is 0 Å². The third-order valence-electron chi connectivity index (χ3n) is 3.86. The molecule has 0 aliphatic rings. The smallest absolute Gasteiger partial charge is 0.159 e. The van der Waals surface area contributed by atoms with E-state index in [1.165, 1.54) is 50.5 Å². The Balaban J connectivity index is 1.99. The summed E-state index contributed by atoms with van der Waals surface area (Å²) in [5, 5.41) is 8.44. The van der Waals surface area contributed by atoms with Gasteiger partial charge < -0.3 is 0 Å². The van der Waals surface area contributed by atoms with Gasteiger partial charge in [0, 0.05) is 12.0 Å². The molecule has 0 amide bonds. The molecule has 0 saturated heterocycles. The molecule has 0 spiro atoms. The molecule has 0 unspecified atom stereocenters. The summed E-state index contributed by atoms with van der Waals surface area (Å²) in [4.78, 5) is 11.2. The SMILES string of the molecule is CC(=O)c1ccc(CCCCCCCCCCC#N)cc1. The topological polar surface area (TPSA) is 40.9 Å². The van der Waals surface area contributed by atoms with Gasteiger partial charge in [0.15, 0.2) is 5.78 Å². The summed E-state index contributed by atoms with van der Waals surface area (Å²) < 4.78 is 0. The minimum atomic E-state index is 0.135. The molecule has 114 valence electrons. The zero-order chi connectivity index (χ0) is 15.3. The van der Waals surface area contributed by atoms with Crippen LogP contribution in [0.5, 0.6) is 0 Å². The maximum atomic E-state index is 11.2. The number of nitriles is 1. The number of rotatable bonds is 11. The van der Waals surface area contributed by atoms with Crippen molar-refractivity contribution in [3.63, 3.8) is 0 Å². The van der Waals surface area contributed by atoms with Crippen LogP contribution in [0.4, 0.5) is 0 Å².